The molecule has 1 aliphatic heterocycles. The van der Waals surface area contributed by atoms with E-state index in [4.69, 9.17) is 16.3 Å². The minimum atomic E-state index is -0.253. The van der Waals surface area contributed by atoms with Gasteiger partial charge < -0.3 is 15.0 Å². The van der Waals surface area contributed by atoms with Crippen molar-refractivity contribution in [1.29, 1.82) is 0 Å². The van der Waals surface area contributed by atoms with Gasteiger partial charge in [0, 0.05) is 24.3 Å². The molecule has 2 aromatic carbocycles. The lowest BCUT2D eigenvalue weighted by Gasteiger charge is -2.20. The van der Waals surface area contributed by atoms with E-state index < -0.39 is 0 Å². The van der Waals surface area contributed by atoms with Crippen molar-refractivity contribution in [2.45, 2.75) is 32.6 Å². The van der Waals surface area contributed by atoms with Crippen molar-refractivity contribution in [1.82, 2.24) is 10.2 Å². The lowest BCUT2D eigenvalue weighted by atomic mass is 10.1. The summed E-state index contributed by atoms with van der Waals surface area (Å²) < 4.78 is 5.55. The zero-order valence-electron chi connectivity index (χ0n) is 18.2. The van der Waals surface area contributed by atoms with Crippen LogP contribution in [0.1, 0.15) is 31.2 Å². The second-order valence-corrected chi connectivity index (χ2v) is 8.43. The SMILES string of the molecule is Cc1ccc(Cl)c(OCC(=O)Nc2ccc(-c3ccc(N4CCCCCC4)nn3)cc2)c1. The molecule has 0 spiro atoms. The molecule has 1 aromatic heterocycles. The molecule has 0 atom stereocenters. The molecule has 32 heavy (non-hydrogen) atoms. The van der Waals surface area contributed by atoms with Gasteiger partial charge >= 0.3 is 0 Å². The molecule has 0 saturated carbocycles. The van der Waals surface area contributed by atoms with Crippen molar-refractivity contribution in [3.63, 3.8) is 0 Å². The molecular formula is C25H27ClN4O2. The Morgan fingerprint density at radius 3 is 2.44 bits per heavy atom. The number of hydrogen-bond acceptors (Lipinski definition) is 5. The van der Waals surface area contributed by atoms with Crippen molar-refractivity contribution in [2.75, 3.05) is 29.9 Å². The summed E-state index contributed by atoms with van der Waals surface area (Å²) in [7, 11) is 0. The van der Waals surface area contributed by atoms with Crippen LogP contribution in [0.25, 0.3) is 11.3 Å². The molecule has 166 valence electrons. The van der Waals surface area contributed by atoms with Crippen LogP contribution in [0.15, 0.2) is 54.6 Å². The van der Waals surface area contributed by atoms with Crippen LogP contribution in [0.5, 0.6) is 5.75 Å². The summed E-state index contributed by atoms with van der Waals surface area (Å²) in [4.78, 5) is 14.6. The number of nitrogens with zero attached hydrogens (tertiary/aromatic N) is 3. The van der Waals surface area contributed by atoms with Crippen LogP contribution in [-0.4, -0.2) is 35.8 Å². The number of ether oxygens (including phenoxy) is 1. The zero-order chi connectivity index (χ0) is 22.3. The fourth-order valence-corrected chi connectivity index (χ4v) is 3.91. The van der Waals surface area contributed by atoms with Gasteiger partial charge in [0.25, 0.3) is 5.91 Å². The molecule has 0 unspecified atom stereocenters. The zero-order valence-corrected chi connectivity index (χ0v) is 18.9. The number of benzene rings is 2. The smallest absolute Gasteiger partial charge is 0.262 e. The molecule has 1 amide bonds. The van der Waals surface area contributed by atoms with E-state index in [0.717, 1.165) is 35.7 Å². The summed E-state index contributed by atoms with van der Waals surface area (Å²) in [5.41, 5.74) is 3.45. The predicted molar refractivity (Wildman–Crippen MR) is 128 cm³/mol. The Balaban J connectivity index is 1.33. The molecule has 0 bridgehead atoms. The highest BCUT2D eigenvalue weighted by Crippen LogP contribution is 2.25. The van der Waals surface area contributed by atoms with Gasteiger partial charge in [-0.15, -0.1) is 10.2 Å². The van der Waals surface area contributed by atoms with Gasteiger partial charge in [-0.1, -0.05) is 42.6 Å². The van der Waals surface area contributed by atoms with Crippen LogP contribution in [0.4, 0.5) is 11.5 Å². The Morgan fingerprint density at radius 1 is 1.00 bits per heavy atom. The number of halogens is 1. The molecule has 1 aliphatic rings. The number of amides is 1. The second kappa shape index (κ2) is 10.5. The predicted octanol–water partition coefficient (Wildman–Crippen LogP) is 5.50. The number of carbonyl (C=O) groups excluding carboxylic acids is 1. The molecule has 2 heterocycles. The average Bonchev–Trinajstić information content (AvgIpc) is 3.10. The minimum Gasteiger partial charge on any atom is -0.482 e. The maximum absolute atomic E-state index is 12.2. The lowest BCUT2D eigenvalue weighted by molar-refractivity contribution is -0.118. The Morgan fingerprint density at radius 2 is 1.75 bits per heavy atom. The molecule has 6 nitrogen and oxygen atoms in total. The first-order chi connectivity index (χ1) is 15.6. The first-order valence-electron chi connectivity index (χ1n) is 11.0. The number of hydrogen-bond donors (Lipinski definition) is 1. The monoisotopic (exact) mass is 450 g/mol. The van der Waals surface area contributed by atoms with E-state index in [-0.39, 0.29) is 12.5 Å². The van der Waals surface area contributed by atoms with Gasteiger partial charge in [0.05, 0.1) is 10.7 Å². The highest BCUT2D eigenvalue weighted by molar-refractivity contribution is 6.32. The average molecular weight is 451 g/mol. The highest BCUT2D eigenvalue weighted by Gasteiger charge is 2.12. The van der Waals surface area contributed by atoms with Crippen LogP contribution in [-0.2, 0) is 4.79 Å². The molecule has 7 heteroatoms. The van der Waals surface area contributed by atoms with Gasteiger partial charge in [0.15, 0.2) is 12.4 Å². The van der Waals surface area contributed by atoms with Crippen LogP contribution in [0.3, 0.4) is 0 Å². The maximum Gasteiger partial charge on any atom is 0.262 e. The number of rotatable bonds is 6. The molecule has 1 fully saturated rings. The number of nitrogens with one attached hydrogen (secondary N) is 1. The van der Waals surface area contributed by atoms with Crippen LogP contribution >= 0.6 is 11.6 Å². The molecule has 3 aromatic rings. The fourth-order valence-electron chi connectivity index (χ4n) is 3.73. The number of aryl methyl sites for hydroxylation is 1. The third-order valence-electron chi connectivity index (χ3n) is 5.49. The van der Waals surface area contributed by atoms with Crippen molar-refractivity contribution < 1.29 is 9.53 Å². The third kappa shape index (κ3) is 5.77. The van der Waals surface area contributed by atoms with Crippen molar-refractivity contribution in [2.24, 2.45) is 0 Å². The first-order valence-corrected chi connectivity index (χ1v) is 11.3. The largest absolute Gasteiger partial charge is 0.482 e. The molecule has 4 rings (SSSR count). The van der Waals surface area contributed by atoms with Crippen LogP contribution in [0.2, 0.25) is 5.02 Å². The summed E-state index contributed by atoms with van der Waals surface area (Å²) in [6.45, 7) is 3.91. The van der Waals surface area contributed by atoms with Gasteiger partial charge in [-0.3, -0.25) is 4.79 Å². The van der Waals surface area contributed by atoms with E-state index in [1.807, 2.05) is 55.5 Å². The van der Waals surface area contributed by atoms with E-state index in [9.17, 15) is 4.79 Å². The maximum atomic E-state index is 12.2. The topological polar surface area (TPSA) is 67.3 Å². The van der Waals surface area contributed by atoms with E-state index >= 15 is 0 Å². The quantitative estimate of drug-likeness (QED) is 0.536. The molecule has 1 saturated heterocycles. The standard InChI is InChI=1S/C25H27ClN4O2/c1-18-6-11-21(26)23(16-18)32-17-25(31)27-20-9-7-19(8-10-20)22-12-13-24(29-28-22)30-14-4-2-3-5-15-30/h6-13,16H,2-5,14-15,17H2,1H3,(H,27,31). The number of carbonyl (C=O) groups is 1. The Labute approximate surface area is 193 Å². The van der Waals surface area contributed by atoms with Crippen LogP contribution in [0, 0.1) is 6.92 Å². The minimum absolute atomic E-state index is 0.117. The molecular weight excluding hydrogens is 424 g/mol. The van der Waals surface area contributed by atoms with E-state index in [1.54, 1.807) is 6.07 Å². The second-order valence-electron chi connectivity index (χ2n) is 8.03. The van der Waals surface area contributed by atoms with Gasteiger partial charge in [0.1, 0.15) is 5.75 Å². The Kier molecular flexibility index (Phi) is 7.22. The summed E-state index contributed by atoms with van der Waals surface area (Å²) in [5, 5.41) is 12.2. The number of anilines is 2. The Hall–Kier alpha value is -3.12. The van der Waals surface area contributed by atoms with Crippen molar-refractivity contribution in [3.05, 3.63) is 65.2 Å². The van der Waals surface area contributed by atoms with Gasteiger partial charge in [-0.25, -0.2) is 0 Å². The number of aromatic nitrogens is 2. The summed E-state index contributed by atoms with van der Waals surface area (Å²) in [5.74, 6) is 1.18. The van der Waals surface area contributed by atoms with Crippen molar-refractivity contribution in [3.8, 4) is 17.0 Å². The summed E-state index contributed by atoms with van der Waals surface area (Å²) in [6, 6.07) is 17.0. The highest BCUT2D eigenvalue weighted by atomic mass is 35.5. The van der Waals surface area contributed by atoms with Crippen molar-refractivity contribution >= 4 is 29.0 Å². The Bertz CT molecular complexity index is 1050. The summed E-state index contributed by atoms with van der Waals surface area (Å²) >= 11 is 6.11. The normalized spacial score (nSPS) is 14.0. The van der Waals surface area contributed by atoms with Crippen LogP contribution < -0.4 is 15.0 Å². The van der Waals surface area contributed by atoms with E-state index in [0.29, 0.717) is 16.5 Å². The molecule has 0 aliphatic carbocycles. The first kappa shape index (κ1) is 22.1. The molecule has 1 N–H and O–H groups in total. The van der Waals surface area contributed by atoms with Gasteiger partial charge in [0.2, 0.25) is 0 Å². The molecule has 0 radical (unpaired) electrons. The summed E-state index contributed by atoms with van der Waals surface area (Å²) in [6.07, 6.45) is 4.99. The van der Waals surface area contributed by atoms with E-state index in [2.05, 4.69) is 20.4 Å². The van der Waals surface area contributed by atoms with E-state index in [1.165, 1.54) is 25.7 Å². The van der Waals surface area contributed by atoms with Gasteiger partial charge in [-0.2, -0.15) is 0 Å². The third-order valence-corrected chi connectivity index (χ3v) is 5.80. The van der Waals surface area contributed by atoms with Gasteiger partial charge in [-0.05, 0) is 61.7 Å². The lowest BCUT2D eigenvalue weighted by Crippen LogP contribution is -2.25. The fraction of sp³-hybridized carbons (Fsp3) is 0.320.